The Labute approximate surface area is 158 Å². The first kappa shape index (κ1) is 18.5. The van der Waals surface area contributed by atoms with E-state index in [2.05, 4.69) is 0 Å². The van der Waals surface area contributed by atoms with Gasteiger partial charge in [-0.2, -0.15) is 0 Å². The lowest BCUT2D eigenvalue weighted by Gasteiger charge is -2.31. The van der Waals surface area contributed by atoms with Crippen LogP contribution >= 0.6 is 11.3 Å². The highest BCUT2D eigenvalue weighted by Crippen LogP contribution is 2.37. The number of aldehydes is 1. The first-order valence-electron chi connectivity index (χ1n) is 8.76. The van der Waals surface area contributed by atoms with Crippen molar-refractivity contribution in [3.63, 3.8) is 0 Å². The van der Waals surface area contributed by atoms with Crippen LogP contribution in [0.15, 0.2) is 48.0 Å². The molecule has 0 saturated heterocycles. The summed E-state index contributed by atoms with van der Waals surface area (Å²) in [5.41, 5.74) is 2.84. The number of amides is 1. The maximum Gasteiger partial charge on any atom is 0.256 e. The minimum Gasteiger partial charge on any atom is -0.364 e. The highest BCUT2D eigenvalue weighted by Gasteiger charge is 2.31. The van der Waals surface area contributed by atoms with Crippen molar-refractivity contribution in [1.82, 2.24) is 0 Å². The minimum absolute atomic E-state index is 0.0740. The van der Waals surface area contributed by atoms with Gasteiger partial charge in [0, 0.05) is 17.3 Å². The molecule has 136 valence electrons. The van der Waals surface area contributed by atoms with Crippen LogP contribution in [0.4, 0.5) is 5.69 Å². The lowest BCUT2D eigenvalue weighted by atomic mass is 10.1. The fourth-order valence-corrected chi connectivity index (χ4v) is 4.03. The SMILES string of the molecule is CC1=CCC(C(=O)N(c2cc(-c3ccccc3)sc2C=O)C(C)C)OC1. The summed E-state index contributed by atoms with van der Waals surface area (Å²) in [6.07, 6.45) is 2.95. The molecule has 26 heavy (non-hydrogen) atoms. The average Bonchev–Trinajstić information content (AvgIpc) is 3.06. The van der Waals surface area contributed by atoms with Gasteiger partial charge in [0.1, 0.15) is 6.10 Å². The molecule has 0 bridgehead atoms. The van der Waals surface area contributed by atoms with Crippen molar-refractivity contribution in [2.24, 2.45) is 0 Å². The zero-order valence-corrected chi connectivity index (χ0v) is 16.1. The minimum atomic E-state index is -0.499. The van der Waals surface area contributed by atoms with Crippen molar-refractivity contribution in [3.05, 3.63) is 52.9 Å². The highest BCUT2D eigenvalue weighted by atomic mass is 32.1. The summed E-state index contributed by atoms with van der Waals surface area (Å²) in [5, 5.41) is 0. The first-order valence-corrected chi connectivity index (χ1v) is 9.57. The van der Waals surface area contributed by atoms with Gasteiger partial charge in [0.05, 0.1) is 17.2 Å². The summed E-state index contributed by atoms with van der Waals surface area (Å²) in [5.74, 6) is -0.0933. The van der Waals surface area contributed by atoms with Crippen LogP contribution < -0.4 is 4.90 Å². The number of hydrogen-bond acceptors (Lipinski definition) is 4. The van der Waals surface area contributed by atoms with Gasteiger partial charge < -0.3 is 9.64 Å². The maximum atomic E-state index is 13.1. The number of carbonyl (C=O) groups is 2. The summed E-state index contributed by atoms with van der Waals surface area (Å²) >= 11 is 1.41. The van der Waals surface area contributed by atoms with Crippen LogP contribution in [0.2, 0.25) is 0 Å². The molecule has 1 aromatic carbocycles. The van der Waals surface area contributed by atoms with Gasteiger partial charge in [0.15, 0.2) is 6.29 Å². The molecule has 0 saturated carbocycles. The van der Waals surface area contributed by atoms with E-state index in [1.54, 1.807) is 4.90 Å². The van der Waals surface area contributed by atoms with Crippen LogP contribution in [0.25, 0.3) is 10.4 Å². The number of anilines is 1. The molecule has 3 rings (SSSR count). The van der Waals surface area contributed by atoms with Crippen molar-refractivity contribution in [2.75, 3.05) is 11.5 Å². The number of benzene rings is 1. The van der Waals surface area contributed by atoms with Crippen LogP contribution in [0.1, 0.15) is 36.9 Å². The van der Waals surface area contributed by atoms with E-state index >= 15 is 0 Å². The van der Waals surface area contributed by atoms with Gasteiger partial charge >= 0.3 is 0 Å². The number of thiophene rings is 1. The standard InChI is InChI=1S/C21H23NO3S/c1-14(2)22(21(24)18-10-9-15(3)13-25-18)17-11-19(26-20(17)12-23)16-7-5-4-6-8-16/h4-9,11-12,14,18H,10,13H2,1-3H3. The molecule has 0 spiro atoms. The van der Waals surface area contributed by atoms with E-state index in [9.17, 15) is 9.59 Å². The number of ether oxygens (including phenoxy) is 1. The Hall–Kier alpha value is -2.24. The number of rotatable bonds is 5. The van der Waals surface area contributed by atoms with Crippen LogP contribution in [-0.2, 0) is 9.53 Å². The third kappa shape index (κ3) is 3.79. The summed E-state index contributed by atoms with van der Waals surface area (Å²) in [6.45, 7) is 6.38. The Morgan fingerprint density at radius 1 is 1.31 bits per heavy atom. The highest BCUT2D eigenvalue weighted by molar-refractivity contribution is 7.17. The van der Waals surface area contributed by atoms with E-state index in [0.717, 1.165) is 22.3 Å². The van der Waals surface area contributed by atoms with E-state index in [1.807, 2.05) is 63.2 Å². The van der Waals surface area contributed by atoms with Crippen molar-refractivity contribution < 1.29 is 14.3 Å². The molecule has 0 fully saturated rings. The quantitative estimate of drug-likeness (QED) is 0.567. The Morgan fingerprint density at radius 3 is 2.62 bits per heavy atom. The molecule has 0 N–H and O–H groups in total. The van der Waals surface area contributed by atoms with E-state index in [4.69, 9.17) is 4.74 Å². The van der Waals surface area contributed by atoms with Crippen molar-refractivity contribution in [3.8, 4) is 10.4 Å². The molecular weight excluding hydrogens is 346 g/mol. The Morgan fingerprint density at radius 2 is 2.04 bits per heavy atom. The summed E-state index contributed by atoms with van der Waals surface area (Å²) in [4.78, 5) is 28.0. The molecule has 1 aliphatic heterocycles. The number of carbonyl (C=O) groups excluding carboxylic acids is 2. The molecule has 4 nitrogen and oxygen atoms in total. The predicted octanol–water partition coefficient (Wildman–Crippen LogP) is 4.70. The topological polar surface area (TPSA) is 46.6 Å². The maximum absolute atomic E-state index is 13.1. The van der Waals surface area contributed by atoms with Crippen molar-refractivity contribution >= 4 is 29.2 Å². The van der Waals surface area contributed by atoms with Crippen LogP contribution in [0.3, 0.4) is 0 Å². The van der Waals surface area contributed by atoms with E-state index in [0.29, 0.717) is 23.6 Å². The Kier molecular flexibility index (Phi) is 5.69. The van der Waals surface area contributed by atoms with Crippen LogP contribution in [0.5, 0.6) is 0 Å². The molecule has 1 amide bonds. The monoisotopic (exact) mass is 369 g/mol. The summed E-state index contributed by atoms with van der Waals surface area (Å²) < 4.78 is 5.73. The second kappa shape index (κ2) is 7.98. The van der Waals surface area contributed by atoms with Gasteiger partial charge in [-0.05, 0) is 32.4 Å². The molecule has 5 heteroatoms. The molecule has 2 heterocycles. The Bertz CT molecular complexity index is 823. The summed E-state index contributed by atoms with van der Waals surface area (Å²) in [7, 11) is 0. The van der Waals surface area contributed by atoms with Gasteiger partial charge in [0.2, 0.25) is 0 Å². The third-order valence-electron chi connectivity index (χ3n) is 4.39. The van der Waals surface area contributed by atoms with E-state index in [1.165, 1.54) is 11.3 Å². The fraction of sp³-hybridized carbons (Fsp3) is 0.333. The van der Waals surface area contributed by atoms with Crippen molar-refractivity contribution in [1.29, 1.82) is 0 Å². The lowest BCUT2D eigenvalue weighted by molar-refractivity contribution is -0.130. The Balaban J connectivity index is 1.96. The van der Waals surface area contributed by atoms with Crippen LogP contribution in [0, 0.1) is 0 Å². The van der Waals surface area contributed by atoms with Gasteiger partial charge in [-0.25, -0.2) is 0 Å². The van der Waals surface area contributed by atoms with E-state index < -0.39 is 6.10 Å². The normalized spacial score (nSPS) is 17.1. The molecule has 1 unspecified atom stereocenters. The lowest BCUT2D eigenvalue weighted by Crippen LogP contribution is -2.45. The third-order valence-corrected chi connectivity index (χ3v) is 5.49. The fourth-order valence-electron chi connectivity index (χ4n) is 3.06. The zero-order valence-electron chi connectivity index (χ0n) is 15.3. The zero-order chi connectivity index (χ0) is 18.7. The molecule has 1 atom stereocenters. The molecule has 1 aliphatic rings. The molecular formula is C21H23NO3S. The average molecular weight is 369 g/mol. The number of nitrogens with zero attached hydrogens (tertiary/aromatic N) is 1. The second-order valence-electron chi connectivity index (χ2n) is 6.73. The molecule has 0 aliphatic carbocycles. The molecule has 1 aromatic heterocycles. The van der Waals surface area contributed by atoms with Crippen LogP contribution in [-0.4, -0.2) is 30.9 Å². The largest absolute Gasteiger partial charge is 0.364 e. The molecule has 0 radical (unpaired) electrons. The number of hydrogen-bond donors (Lipinski definition) is 0. The predicted molar refractivity (Wildman–Crippen MR) is 106 cm³/mol. The van der Waals surface area contributed by atoms with Gasteiger partial charge in [-0.1, -0.05) is 42.0 Å². The first-order chi connectivity index (χ1) is 12.5. The smallest absolute Gasteiger partial charge is 0.256 e. The van der Waals surface area contributed by atoms with Crippen molar-refractivity contribution in [2.45, 2.75) is 39.3 Å². The molecule has 2 aromatic rings. The van der Waals surface area contributed by atoms with Gasteiger partial charge in [-0.3, -0.25) is 9.59 Å². The van der Waals surface area contributed by atoms with Gasteiger partial charge in [-0.15, -0.1) is 11.3 Å². The van der Waals surface area contributed by atoms with E-state index in [-0.39, 0.29) is 11.9 Å². The second-order valence-corrected chi connectivity index (χ2v) is 7.82. The summed E-state index contributed by atoms with van der Waals surface area (Å²) in [6, 6.07) is 11.8. The van der Waals surface area contributed by atoms with Gasteiger partial charge in [0.25, 0.3) is 5.91 Å².